The number of aryl methyl sites for hydroxylation is 1. The summed E-state index contributed by atoms with van der Waals surface area (Å²) in [5, 5.41) is 0. The molecule has 0 bridgehead atoms. The van der Waals surface area contributed by atoms with Gasteiger partial charge in [-0.3, -0.25) is 9.69 Å². The number of esters is 1. The Morgan fingerprint density at radius 2 is 1.74 bits per heavy atom. The van der Waals surface area contributed by atoms with Crippen LogP contribution in [0.1, 0.15) is 50.8 Å². The number of amides is 1. The van der Waals surface area contributed by atoms with Crippen LogP contribution in [0.2, 0.25) is 0 Å². The van der Waals surface area contributed by atoms with E-state index in [2.05, 4.69) is 25.1 Å². The summed E-state index contributed by atoms with van der Waals surface area (Å²) in [6.45, 7) is 10.2. The third-order valence-electron chi connectivity index (χ3n) is 5.44. The molecule has 4 heteroatoms. The smallest absolute Gasteiger partial charge is 0.397 e. The lowest BCUT2D eigenvalue weighted by molar-refractivity contribution is -0.153. The van der Waals surface area contributed by atoms with Gasteiger partial charge in [0.15, 0.2) is 0 Å². The molecule has 0 spiro atoms. The zero-order valence-electron chi connectivity index (χ0n) is 16.7. The Bertz CT molecular complexity index is 872. The standard InChI is InChI=1S/C23H27NO3/c1-6-27-21(26)20(25)24-19-13-12-16(2)14-18(19)23(5,15-22(24,3)4)17-10-8-7-9-11-17/h7-14H,6,15H2,1-5H3. The van der Waals surface area contributed by atoms with Crippen molar-refractivity contribution in [1.29, 1.82) is 0 Å². The molecule has 1 heterocycles. The third kappa shape index (κ3) is 3.25. The zero-order valence-corrected chi connectivity index (χ0v) is 16.7. The minimum absolute atomic E-state index is 0.182. The Hall–Kier alpha value is -2.62. The van der Waals surface area contributed by atoms with Gasteiger partial charge >= 0.3 is 11.9 Å². The molecule has 1 amide bonds. The zero-order chi connectivity index (χ0) is 19.8. The fourth-order valence-electron chi connectivity index (χ4n) is 4.38. The van der Waals surface area contributed by atoms with E-state index >= 15 is 0 Å². The van der Waals surface area contributed by atoms with Crippen LogP contribution in [0.5, 0.6) is 0 Å². The first-order valence-electron chi connectivity index (χ1n) is 9.38. The Kier molecular flexibility index (Phi) is 4.85. The van der Waals surface area contributed by atoms with Crippen LogP contribution in [0.15, 0.2) is 48.5 Å². The quantitative estimate of drug-likeness (QED) is 0.586. The summed E-state index contributed by atoms with van der Waals surface area (Å²) in [5.41, 5.74) is 3.35. The van der Waals surface area contributed by atoms with Gasteiger partial charge in [0, 0.05) is 16.6 Å². The maximum atomic E-state index is 13.0. The molecule has 142 valence electrons. The van der Waals surface area contributed by atoms with Crippen LogP contribution in [-0.2, 0) is 19.7 Å². The van der Waals surface area contributed by atoms with E-state index in [9.17, 15) is 9.59 Å². The van der Waals surface area contributed by atoms with E-state index in [1.165, 1.54) is 5.56 Å². The number of anilines is 1. The van der Waals surface area contributed by atoms with Crippen molar-refractivity contribution in [3.05, 3.63) is 65.2 Å². The van der Waals surface area contributed by atoms with Crippen LogP contribution in [0, 0.1) is 6.92 Å². The number of hydrogen-bond donors (Lipinski definition) is 0. The highest BCUT2D eigenvalue weighted by atomic mass is 16.5. The number of hydrogen-bond acceptors (Lipinski definition) is 3. The maximum Gasteiger partial charge on any atom is 0.397 e. The van der Waals surface area contributed by atoms with E-state index in [0.717, 1.165) is 16.8 Å². The van der Waals surface area contributed by atoms with Crippen LogP contribution in [0.25, 0.3) is 0 Å². The molecule has 0 aromatic heterocycles. The number of rotatable bonds is 2. The predicted octanol–water partition coefficient (Wildman–Crippen LogP) is 4.38. The minimum Gasteiger partial charge on any atom is -0.459 e. The molecule has 0 aliphatic carbocycles. The van der Waals surface area contributed by atoms with Crippen LogP contribution in [0.4, 0.5) is 5.69 Å². The molecule has 2 aromatic rings. The number of ether oxygens (including phenoxy) is 1. The second-order valence-corrected chi connectivity index (χ2v) is 8.07. The fraction of sp³-hybridized carbons (Fsp3) is 0.391. The van der Waals surface area contributed by atoms with Crippen molar-refractivity contribution >= 4 is 17.6 Å². The van der Waals surface area contributed by atoms with E-state index < -0.39 is 17.4 Å². The van der Waals surface area contributed by atoms with Crippen LogP contribution >= 0.6 is 0 Å². The number of carbonyl (C=O) groups is 2. The molecule has 0 fully saturated rings. The van der Waals surface area contributed by atoms with Crippen molar-refractivity contribution in [3.63, 3.8) is 0 Å². The van der Waals surface area contributed by atoms with Gasteiger partial charge in [-0.25, -0.2) is 4.79 Å². The van der Waals surface area contributed by atoms with Crippen LogP contribution in [-0.4, -0.2) is 24.0 Å². The average Bonchev–Trinajstić information content (AvgIpc) is 2.62. The number of fused-ring (bicyclic) bond motifs is 1. The van der Waals surface area contributed by atoms with Gasteiger partial charge in [-0.1, -0.05) is 55.0 Å². The molecule has 27 heavy (non-hydrogen) atoms. The summed E-state index contributed by atoms with van der Waals surface area (Å²) in [6, 6.07) is 16.4. The molecule has 0 N–H and O–H groups in total. The minimum atomic E-state index is -0.805. The summed E-state index contributed by atoms with van der Waals surface area (Å²) in [6.07, 6.45) is 0.700. The molecule has 0 radical (unpaired) electrons. The molecule has 1 aliphatic heterocycles. The SMILES string of the molecule is CCOC(=O)C(=O)N1c2ccc(C)cc2C(C)(c2ccccc2)CC1(C)C. The average molecular weight is 365 g/mol. The van der Waals surface area contributed by atoms with Crippen molar-refractivity contribution in [2.45, 2.75) is 52.0 Å². The lowest BCUT2D eigenvalue weighted by atomic mass is 9.65. The highest BCUT2D eigenvalue weighted by Gasteiger charge is 2.49. The molecule has 1 atom stereocenters. The Morgan fingerprint density at radius 3 is 2.37 bits per heavy atom. The molecule has 4 nitrogen and oxygen atoms in total. The fourth-order valence-corrected chi connectivity index (χ4v) is 4.38. The Labute approximate surface area is 161 Å². The Balaban J connectivity index is 2.21. The van der Waals surface area contributed by atoms with Gasteiger partial charge in [0.05, 0.1) is 6.61 Å². The molecular formula is C23H27NO3. The summed E-state index contributed by atoms with van der Waals surface area (Å²) < 4.78 is 5.00. The predicted molar refractivity (Wildman–Crippen MR) is 107 cm³/mol. The van der Waals surface area contributed by atoms with Crippen molar-refractivity contribution in [2.75, 3.05) is 11.5 Å². The van der Waals surface area contributed by atoms with E-state index in [0.29, 0.717) is 6.42 Å². The summed E-state index contributed by atoms with van der Waals surface area (Å²) in [7, 11) is 0. The largest absolute Gasteiger partial charge is 0.459 e. The molecule has 1 aliphatic rings. The van der Waals surface area contributed by atoms with Gasteiger partial charge < -0.3 is 4.74 Å². The van der Waals surface area contributed by atoms with Gasteiger partial charge in [-0.2, -0.15) is 0 Å². The Morgan fingerprint density at radius 1 is 1.07 bits per heavy atom. The van der Waals surface area contributed by atoms with Crippen LogP contribution in [0.3, 0.4) is 0 Å². The van der Waals surface area contributed by atoms with Gasteiger partial charge in [-0.05, 0) is 51.3 Å². The summed E-state index contributed by atoms with van der Waals surface area (Å²) in [5.74, 6) is -1.41. The van der Waals surface area contributed by atoms with Gasteiger partial charge in [0.2, 0.25) is 0 Å². The molecule has 0 saturated heterocycles. The highest BCUT2D eigenvalue weighted by molar-refractivity contribution is 6.38. The second-order valence-electron chi connectivity index (χ2n) is 8.07. The van der Waals surface area contributed by atoms with Gasteiger partial charge in [0.1, 0.15) is 0 Å². The first kappa shape index (κ1) is 19.2. The third-order valence-corrected chi connectivity index (χ3v) is 5.44. The summed E-state index contributed by atoms with van der Waals surface area (Å²) >= 11 is 0. The highest BCUT2D eigenvalue weighted by Crippen LogP contribution is 2.50. The summed E-state index contributed by atoms with van der Waals surface area (Å²) in [4.78, 5) is 26.8. The first-order chi connectivity index (χ1) is 12.7. The van der Waals surface area contributed by atoms with E-state index in [4.69, 9.17) is 4.74 Å². The second kappa shape index (κ2) is 6.84. The maximum absolute atomic E-state index is 13.0. The number of carbonyl (C=O) groups excluding carboxylic acids is 2. The molecule has 3 rings (SSSR count). The monoisotopic (exact) mass is 365 g/mol. The first-order valence-corrected chi connectivity index (χ1v) is 9.38. The van der Waals surface area contributed by atoms with Crippen LogP contribution < -0.4 is 4.90 Å². The van der Waals surface area contributed by atoms with E-state index in [1.54, 1.807) is 11.8 Å². The van der Waals surface area contributed by atoms with Crippen molar-refractivity contribution in [1.82, 2.24) is 0 Å². The van der Waals surface area contributed by atoms with Gasteiger partial charge in [-0.15, -0.1) is 0 Å². The molecular weight excluding hydrogens is 338 g/mol. The van der Waals surface area contributed by atoms with Crippen molar-refractivity contribution < 1.29 is 14.3 Å². The lowest BCUT2D eigenvalue weighted by Gasteiger charge is -2.51. The number of nitrogens with zero attached hydrogens (tertiary/aromatic N) is 1. The van der Waals surface area contributed by atoms with Crippen molar-refractivity contribution in [2.24, 2.45) is 0 Å². The molecule has 2 aromatic carbocycles. The van der Waals surface area contributed by atoms with E-state index in [1.807, 2.05) is 51.1 Å². The topological polar surface area (TPSA) is 46.6 Å². The molecule has 1 unspecified atom stereocenters. The lowest BCUT2D eigenvalue weighted by Crippen LogP contribution is -2.57. The van der Waals surface area contributed by atoms with Crippen molar-refractivity contribution in [3.8, 4) is 0 Å². The normalized spacial score (nSPS) is 20.7. The van der Waals surface area contributed by atoms with Gasteiger partial charge in [0.25, 0.3) is 0 Å². The number of benzene rings is 2. The van der Waals surface area contributed by atoms with E-state index in [-0.39, 0.29) is 12.0 Å². The molecule has 0 saturated carbocycles.